The number of para-hydroxylation sites is 1. The zero-order valence-electron chi connectivity index (χ0n) is 7.00. The quantitative estimate of drug-likeness (QED) is 0.674. The van der Waals surface area contributed by atoms with Crippen molar-refractivity contribution in [3.8, 4) is 0 Å². The molecule has 1 aromatic carbocycles. The summed E-state index contributed by atoms with van der Waals surface area (Å²) in [6.07, 6.45) is 0. The third-order valence-electron chi connectivity index (χ3n) is 1.91. The first-order chi connectivity index (χ1) is 6.18. The average Bonchev–Trinajstić information content (AvgIpc) is 2.49. The molecule has 1 aromatic heterocycles. The van der Waals surface area contributed by atoms with Crippen LogP contribution in [-0.2, 0) is 0 Å². The lowest BCUT2D eigenvalue weighted by molar-refractivity contribution is -0.255. The fraction of sp³-hybridized carbons (Fsp3) is 0.111. The van der Waals surface area contributed by atoms with Gasteiger partial charge in [0.25, 0.3) is 0 Å². The van der Waals surface area contributed by atoms with Crippen LogP contribution in [0.15, 0.2) is 18.2 Å². The first kappa shape index (κ1) is 7.79. The van der Waals surface area contributed by atoms with Gasteiger partial charge in [-0.05, 0) is 18.6 Å². The number of hydrogen-bond donors (Lipinski definition) is 1. The zero-order valence-corrected chi connectivity index (χ0v) is 7.00. The third-order valence-corrected chi connectivity index (χ3v) is 1.91. The molecule has 4 nitrogen and oxygen atoms in total. The molecule has 0 radical (unpaired) electrons. The van der Waals surface area contributed by atoms with Crippen molar-refractivity contribution in [2.45, 2.75) is 6.92 Å². The maximum atomic E-state index is 10.5. The number of carboxylic acid groups (broad SMARTS) is 1. The second-order valence-corrected chi connectivity index (χ2v) is 2.84. The van der Waals surface area contributed by atoms with E-state index in [0.29, 0.717) is 5.52 Å². The number of imidazole rings is 1. The fourth-order valence-electron chi connectivity index (χ4n) is 1.27. The Morgan fingerprint density at radius 2 is 2.31 bits per heavy atom. The number of carboxylic acids is 1. The number of aromatic nitrogens is 2. The van der Waals surface area contributed by atoms with Crippen LogP contribution < -0.4 is 5.11 Å². The van der Waals surface area contributed by atoms with Crippen LogP contribution >= 0.6 is 0 Å². The minimum absolute atomic E-state index is 0.121. The van der Waals surface area contributed by atoms with Crippen molar-refractivity contribution >= 4 is 17.0 Å². The number of hydrogen-bond acceptors (Lipinski definition) is 3. The standard InChI is InChI=1S/C9H8N2O2/c1-5-3-2-4-6-7(5)11-8(10-6)9(12)13/h2-4H,1H3,(H,10,11)(H,12,13)/p-1. The number of benzene rings is 1. The predicted molar refractivity (Wildman–Crippen MR) is 45.2 cm³/mol. The molecule has 1 N–H and O–H groups in total. The van der Waals surface area contributed by atoms with Gasteiger partial charge in [0.05, 0.1) is 11.0 Å². The van der Waals surface area contributed by atoms with Crippen LogP contribution in [0, 0.1) is 6.92 Å². The topological polar surface area (TPSA) is 68.8 Å². The maximum absolute atomic E-state index is 10.5. The summed E-state index contributed by atoms with van der Waals surface area (Å²) in [7, 11) is 0. The van der Waals surface area contributed by atoms with Gasteiger partial charge in [-0.1, -0.05) is 12.1 Å². The van der Waals surface area contributed by atoms with Gasteiger partial charge < -0.3 is 14.9 Å². The maximum Gasteiger partial charge on any atom is 0.154 e. The Labute approximate surface area is 74.2 Å². The Balaban J connectivity index is 2.75. The van der Waals surface area contributed by atoms with Crippen molar-refractivity contribution < 1.29 is 9.90 Å². The van der Waals surface area contributed by atoms with E-state index < -0.39 is 5.97 Å². The first-order valence-electron chi connectivity index (χ1n) is 3.85. The summed E-state index contributed by atoms with van der Waals surface area (Å²) in [4.78, 5) is 17.0. The Bertz CT molecular complexity index is 473. The molecule has 66 valence electrons. The number of nitrogens with one attached hydrogen (secondary N) is 1. The number of aromatic carboxylic acids is 1. The second kappa shape index (κ2) is 2.58. The van der Waals surface area contributed by atoms with E-state index in [0.717, 1.165) is 11.1 Å². The zero-order chi connectivity index (χ0) is 9.42. The molecule has 4 heteroatoms. The van der Waals surface area contributed by atoms with Crippen molar-refractivity contribution in [3.05, 3.63) is 29.6 Å². The van der Waals surface area contributed by atoms with E-state index in [2.05, 4.69) is 9.97 Å². The van der Waals surface area contributed by atoms with Gasteiger partial charge in [0.2, 0.25) is 0 Å². The summed E-state index contributed by atoms with van der Waals surface area (Å²) in [6.45, 7) is 1.88. The molecule has 0 aliphatic carbocycles. The number of aromatic amines is 1. The lowest BCUT2D eigenvalue weighted by Gasteiger charge is -1.92. The number of aryl methyl sites for hydroxylation is 1. The molecule has 0 atom stereocenters. The molecule has 0 amide bonds. The Kier molecular flexibility index (Phi) is 1.55. The van der Waals surface area contributed by atoms with Gasteiger partial charge in [0.1, 0.15) is 5.97 Å². The number of carbonyl (C=O) groups excluding carboxylic acids is 1. The molecule has 1 heterocycles. The van der Waals surface area contributed by atoms with E-state index in [-0.39, 0.29) is 5.82 Å². The normalized spacial score (nSPS) is 10.5. The molecule has 0 fully saturated rings. The summed E-state index contributed by atoms with van der Waals surface area (Å²) in [5.74, 6) is -1.40. The number of carbonyl (C=O) groups is 1. The molecule has 0 bridgehead atoms. The van der Waals surface area contributed by atoms with Gasteiger partial charge in [0, 0.05) is 0 Å². The van der Waals surface area contributed by atoms with Gasteiger partial charge >= 0.3 is 0 Å². The van der Waals surface area contributed by atoms with E-state index >= 15 is 0 Å². The third kappa shape index (κ3) is 1.16. The van der Waals surface area contributed by atoms with Crippen molar-refractivity contribution in [1.82, 2.24) is 9.97 Å². The molecular formula is C9H7N2O2-. The summed E-state index contributed by atoms with van der Waals surface area (Å²) in [6, 6.07) is 5.50. The van der Waals surface area contributed by atoms with Gasteiger partial charge in [-0.3, -0.25) is 0 Å². The molecule has 2 rings (SSSR count). The average molecular weight is 175 g/mol. The highest BCUT2D eigenvalue weighted by atomic mass is 16.4. The molecule has 13 heavy (non-hydrogen) atoms. The number of H-pyrrole nitrogens is 1. The van der Waals surface area contributed by atoms with Crippen molar-refractivity contribution in [1.29, 1.82) is 0 Å². The number of nitrogens with zero attached hydrogens (tertiary/aromatic N) is 1. The molecule has 0 unspecified atom stereocenters. The lowest BCUT2D eigenvalue weighted by atomic mass is 10.2. The minimum atomic E-state index is -1.28. The number of fused-ring (bicyclic) bond motifs is 1. The monoisotopic (exact) mass is 175 g/mol. The molecule has 2 aromatic rings. The molecule has 0 aliphatic heterocycles. The van der Waals surface area contributed by atoms with Crippen LogP contribution in [0.3, 0.4) is 0 Å². The largest absolute Gasteiger partial charge is 0.542 e. The van der Waals surface area contributed by atoms with Crippen molar-refractivity contribution in [3.63, 3.8) is 0 Å². The van der Waals surface area contributed by atoms with Crippen LogP contribution in [0.1, 0.15) is 16.2 Å². The summed E-state index contributed by atoms with van der Waals surface area (Å²) in [5.41, 5.74) is 2.35. The first-order valence-corrected chi connectivity index (χ1v) is 3.85. The number of rotatable bonds is 1. The fourth-order valence-corrected chi connectivity index (χ4v) is 1.27. The van der Waals surface area contributed by atoms with Crippen LogP contribution in [-0.4, -0.2) is 15.9 Å². The van der Waals surface area contributed by atoms with Gasteiger partial charge in [-0.25, -0.2) is 4.98 Å². The van der Waals surface area contributed by atoms with Crippen LogP contribution in [0.4, 0.5) is 0 Å². The van der Waals surface area contributed by atoms with Crippen molar-refractivity contribution in [2.24, 2.45) is 0 Å². The van der Waals surface area contributed by atoms with Gasteiger partial charge in [-0.15, -0.1) is 0 Å². The van der Waals surface area contributed by atoms with E-state index in [1.165, 1.54) is 0 Å². The molecule has 0 saturated heterocycles. The van der Waals surface area contributed by atoms with Crippen LogP contribution in [0.2, 0.25) is 0 Å². The van der Waals surface area contributed by atoms with E-state index in [9.17, 15) is 9.90 Å². The molecule has 0 aliphatic rings. The minimum Gasteiger partial charge on any atom is -0.542 e. The molecular weight excluding hydrogens is 168 g/mol. The van der Waals surface area contributed by atoms with Crippen LogP contribution in [0.5, 0.6) is 0 Å². The molecule has 0 spiro atoms. The summed E-state index contributed by atoms with van der Waals surface area (Å²) in [5, 5.41) is 10.5. The van der Waals surface area contributed by atoms with Gasteiger partial charge in [0.15, 0.2) is 5.82 Å². The Morgan fingerprint density at radius 1 is 1.54 bits per heavy atom. The van der Waals surface area contributed by atoms with Crippen molar-refractivity contribution in [2.75, 3.05) is 0 Å². The van der Waals surface area contributed by atoms with E-state index in [1.807, 2.05) is 19.1 Å². The Morgan fingerprint density at radius 3 is 2.92 bits per heavy atom. The SMILES string of the molecule is Cc1cccc2[nH]c(C(=O)[O-])nc12. The van der Waals surface area contributed by atoms with E-state index in [1.54, 1.807) is 6.07 Å². The summed E-state index contributed by atoms with van der Waals surface area (Å²) < 4.78 is 0. The highest BCUT2D eigenvalue weighted by Gasteiger charge is 2.04. The predicted octanol–water partition coefficient (Wildman–Crippen LogP) is 0.235. The highest BCUT2D eigenvalue weighted by molar-refractivity contribution is 5.88. The van der Waals surface area contributed by atoms with Crippen LogP contribution in [0.25, 0.3) is 11.0 Å². The smallest absolute Gasteiger partial charge is 0.154 e. The highest BCUT2D eigenvalue weighted by Crippen LogP contribution is 2.14. The molecule has 0 saturated carbocycles. The Hall–Kier alpha value is -1.84. The lowest BCUT2D eigenvalue weighted by Crippen LogP contribution is -2.23. The second-order valence-electron chi connectivity index (χ2n) is 2.84. The van der Waals surface area contributed by atoms with E-state index in [4.69, 9.17) is 0 Å². The summed E-state index contributed by atoms with van der Waals surface area (Å²) >= 11 is 0. The van der Waals surface area contributed by atoms with Gasteiger partial charge in [-0.2, -0.15) is 0 Å².